The molecule has 0 aliphatic heterocycles. The summed E-state index contributed by atoms with van der Waals surface area (Å²) in [5.41, 5.74) is 1.63. The fourth-order valence-electron chi connectivity index (χ4n) is 2.78. The van der Waals surface area contributed by atoms with Gasteiger partial charge in [0.05, 0.1) is 19.8 Å². The number of benzene rings is 2. The number of nitrogens with zero attached hydrogens (tertiary/aromatic N) is 1. The van der Waals surface area contributed by atoms with Crippen LogP contribution in [-0.2, 0) is 0 Å². The highest BCUT2D eigenvalue weighted by Gasteiger charge is 2.18. The first-order chi connectivity index (χ1) is 13.0. The molecule has 0 spiro atoms. The molecule has 0 aliphatic rings. The lowest BCUT2D eigenvalue weighted by atomic mass is 10.1. The minimum atomic E-state index is -0.135. The Hall–Kier alpha value is -2.53. The van der Waals surface area contributed by atoms with Crippen molar-refractivity contribution >= 4 is 5.91 Å². The first-order valence-corrected chi connectivity index (χ1v) is 9.36. The second-order valence-electron chi connectivity index (χ2n) is 6.77. The van der Waals surface area contributed by atoms with Crippen LogP contribution in [0.1, 0.15) is 41.7 Å². The summed E-state index contributed by atoms with van der Waals surface area (Å²) in [5, 5.41) is 3.13. The Labute approximate surface area is 162 Å². The summed E-state index contributed by atoms with van der Waals surface area (Å²) < 4.78 is 11.2. The molecule has 0 aromatic heterocycles. The molecule has 0 aliphatic carbocycles. The van der Waals surface area contributed by atoms with Crippen molar-refractivity contribution in [2.45, 2.75) is 25.8 Å². The van der Waals surface area contributed by atoms with Gasteiger partial charge in [0.15, 0.2) is 11.5 Å². The summed E-state index contributed by atoms with van der Waals surface area (Å²) in [6.45, 7) is 3.47. The first kappa shape index (κ1) is 20.8. The van der Waals surface area contributed by atoms with Gasteiger partial charge in [-0.3, -0.25) is 4.79 Å². The van der Waals surface area contributed by atoms with E-state index in [1.165, 1.54) is 0 Å². The molecule has 1 atom stereocenters. The van der Waals surface area contributed by atoms with Crippen molar-refractivity contribution in [2.75, 3.05) is 34.4 Å². The van der Waals surface area contributed by atoms with Gasteiger partial charge in [0.25, 0.3) is 5.91 Å². The van der Waals surface area contributed by atoms with Crippen LogP contribution in [0.2, 0.25) is 0 Å². The third-order valence-electron chi connectivity index (χ3n) is 4.24. The van der Waals surface area contributed by atoms with E-state index in [1.807, 2.05) is 44.4 Å². The average molecular weight is 370 g/mol. The van der Waals surface area contributed by atoms with E-state index >= 15 is 0 Å². The quantitative estimate of drug-likeness (QED) is 0.644. The van der Waals surface area contributed by atoms with Gasteiger partial charge in [-0.05, 0) is 44.3 Å². The number of carbonyl (C=O) groups is 1. The lowest BCUT2D eigenvalue weighted by Crippen LogP contribution is -2.35. The van der Waals surface area contributed by atoms with E-state index < -0.39 is 0 Å². The van der Waals surface area contributed by atoms with Gasteiger partial charge in [0, 0.05) is 12.1 Å². The molecule has 0 saturated heterocycles. The van der Waals surface area contributed by atoms with Crippen LogP contribution in [0, 0.1) is 0 Å². The molecule has 0 bridgehead atoms. The Morgan fingerprint density at radius 3 is 2.48 bits per heavy atom. The van der Waals surface area contributed by atoms with Gasteiger partial charge < -0.3 is 19.7 Å². The number of hydrogen-bond acceptors (Lipinski definition) is 4. The monoisotopic (exact) mass is 370 g/mol. The number of nitrogens with one attached hydrogen (secondary N) is 1. The maximum Gasteiger partial charge on any atom is 0.251 e. The molecule has 146 valence electrons. The van der Waals surface area contributed by atoms with Crippen molar-refractivity contribution in [2.24, 2.45) is 0 Å². The topological polar surface area (TPSA) is 50.8 Å². The van der Waals surface area contributed by atoms with Gasteiger partial charge in [-0.1, -0.05) is 43.7 Å². The highest BCUT2D eigenvalue weighted by Crippen LogP contribution is 2.28. The molecule has 5 nitrogen and oxygen atoms in total. The Kier molecular flexibility index (Phi) is 8.14. The van der Waals surface area contributed by atoms with Crippen molar-refractivity contribution in [1.82, 2.24) is 10.2 Å². The van der Waals surface area contributed by atoms with Crippen LogP contribution in [0.3, 0.4) is 0 Å². The number of ether oxygens (including phenoxy) is 2. The van der Waals surface area contributed by atoms with E-state index in [9.17, 15) is 4.79 Å². The predicted molar refractivity (Wildman–Crippen MR) is 109 cm³/mol. The first-order valence-electron chi connectivity index (χ1n) is 9.36. The van der Waals surface area contributed by atoms with Crippen molar-refractivity contribution < 1.29 is 14.3 Å². The Balaban J connectivity index is 2.15. The van der Waals surface area contributed by atoms with Gasteiger partial charge in [0.1, 0.15) is 0 Å². The summed E-state index contributed by atoms with van der Waals surface area (Å²) in [5.74, 6) is 1.10. The maximum absolute atomic E-state index is 12.8. The summed E-state index contributed by atoms with van der Waals surface area (Å²) >= 11 is 0. The zero-order valence-electron chi connectivity index (χ0n) is 16.7. The largest absolute Gasteiger partial charge is 0.493 e. The molecule has 1 amide bonds. The number of likely N-dealkylation sites (N-methyl/N-ethyl adjacent to an activating group) is 1. The van der Waals surface area contributed by atoms with Crippen LogP contribution in [0.4, 0.5) is 0 Å². The molecular formula is C22H30N2O3. The van der Waals surface area contributed by atoms with Gasteiger partial charge in [-0.15, -0.1) is 0 Å². The number of amides is 1. The third kappa shape index (κ3) is 6.29. The zero-order chi connectivity index (χ0) is 19.6. The molecule has 5 heteroatoms. The highest BCUT2D eigenvalue weighted by atomic mass is 16.5. The number of rotatable bonds is 10. The lowest BCUT2D eigenvalue weighted by Gasteiger charge is -2.23. The summed E-state index contributed by atoms with van der Waals surface area (Å²) in [6.07, 6.45) is 2.05. The Morgan fingerprint density at radius 1 is 1.11 bits per heavy atom. The zero-order valence-corrected chi connectivity index (χ0v) is 16.7. The predicted octanol–water partition coefficient (Wildman–Crippen LogP) is 3.91. The minimum Gasteiger partial charge on any atom is -0.493 e. The average Bonchev–Trinajstić information content (AvgIpc) is 2.68. The van der Waals surface area contributed by atoms with Crippen molar-refractivity contribution in [1.29, 1.82) is 0 Å². The van der Waals surface area contributed by atoms with E-state index in [4.69, 9.17) is 9.47 Å². The van der Waals surface area contributed by atoms with E-state index in [2.05, 4.69) is 17.1 Å². The molecule has 0 saturated carbocycles. The SMILES string of the molecule is CCCCOc1ccc(C(=O)N[C@H](CN(C)C)c2ccccc2)cc1OC. The number of methoxy groups -OCH3 is 1. The second kappa shape index (κ2) is 10.6. The van der Waals surface area contributed by atoms with E-state index in [0.29, 0.717) is 30.2 Å². The molecule has 0 radical (unpaired) electrons. The fourth-order valence-corrected chi connectivity index (χ4v) is 2.78. The molecule has 2 aromatic carbocycles. The fraction of sp³-hybridized carbons (Fsp3) is 0.409. The lowest BCUT2D eigenvalue weighted by molar-refractivity contribution is 0.0929. The van der Waals surface area contributed by atoms with E-state index in [-0.39, 0.29) is 11.9 Å². The van der Waals surface area contributed by atoms with Crippen molar-refractivity contribution in [3.05, 3.63) is 59.7 Å². The molecule has 2 aromatic rings. The standard InChI is InChI=1S/C22H30N2O3/c1-5-6-14-27-20-13-12-18(15-21(20)26-4)22(25)23-19(16-24(2)3)17-10-8-7-9-11-17/h7-13,15,19H,5-6,14,16H2,1-4H3,(H,23,25)/t19-/m1/s1. The molecule has 27 heavy (non-hydrogen) atoms. The Bertz CT molecular complexity index is 717. The number of carbonyl (C=O) groups excluding carboxylic acids is 1. The van der Waals surface area contributed by atoms with Crippen LogP contribution >= 0.6 is 0 Å². The van der Waals surface area contributed by atoms with Crippen LogP contribution in [0.5, 0.6) is 11.5 Å². The van der Waals surface area contributed by atoms with Crippen molar-refractivity contribution in [3.8, 4) is 11.5 Å². The number of unbranched alkanes of at least 4 members (excludes halogenated alkanes) is 1. The second-order valence-corrected chi connectivity index (χ2v) is 6.77. The van der Waals surface area contributed by atoms with Crippen LogP contribution in [0.15, 0.2) is 48.5 Å². The van der Waals surface area contributed by atoms with Crippen LogP contribution in [-0.4, -0.2) is 45.2 Å². The maximum atomic E-state index is 12.8. The van der Waals surface area contributed by atoms with Crippen LogP contribution < -0.4 is 14.8 Å². The van der Waals surface area contributed by atoms with Crippen LogP contribution in [0.25, 0.3) is 0 Å². The van der Waals surface area contributed by atoms with Gasteiger partial charge in [-0.2, -0.15) is 0 Å². The summed E-state index contributed by atoms with van der Waals surface area (Å²) in [4.78, 5) is 14.9. The summed E-state index contributed by atoms with van der Waals surface area (Å²) in [7, 11) is 5.57. The Morgan fingerprint density at radius 2 is 1.85 bits per heavy atom. The smallest absolute Gasteiger partial charge is 0.251 e. The summed E-state index contributed by atoms with van der Waals surface area (Å²) in [6, 6.07) is 15.2. The van der Waals surface area contributed by atoms with E-state index in [1.54, 1.807) is 25.3 Å². The molecule has 1 N–H and O–H groups in total. The minimum absolute atomic E-state index is 0.0971. The normalized spacial score (nSPS) is 11.9. The van der Waals surface area contributed by atoms with Gasteiger partial charge in [-0.25, -0.2) is 0 Å². The molecule has 2 rings (SSSR count). The highest BCUT2D eigenvalue weighted by molar-refractivity contribution is 5.95. The van der Waals surface area contributed by atoms with Gasteiger partial charge >= 0.3 is 0 Å². The molecule has 0 fully saturated rings. The van der Waals surface area contributed by atoms with E-state index in [0.717, 1.165) is 18.4 Å². The molecule has 0 heterocycles. The third-order valence-corrected chi connectivity index (χ3v) is 4.24. The van der Waals surface area contributed by atoms with Crippen molar-refractivity contribution in [3.63, 3.8) is 0 Å². The molecule has 0 unspecified atom stereocenters. The molecular weight excluding hydrogens is 340 g/mol. The number of hydrogen-bond donors (Lipinski definition) is 1. The van der Waals surface area contributed by atoms with Gasteiger partial charge in [0.2, 0.25) is 0 Å².